The molecule has 0 bridgehead atoms. The Morgan fingerprint density at radius 2 is 2.14 bits per heavy atom. The fourth-order valence-corrected chi connectivity index (χ4v) is 3.97. The molecule has 2 aromatic heterocycles. The molecular weight excluding hydrogens is 387 g/mol. The summed E-state index contributed by atoms with van der Waals surface area (Å²) in [7, 11) is -0.832. The van der Waals surface area contributed by atoms with Crippen molar-refractivity contribution in [1.29, 1.82) is 5.26 Å². The van der Waals surface area contributed by atoms with Gasteiger partial charge in [0.25, 0.3) is 0 Å². The zero-order chi connectivity index (χ0) is 20.6. The number of H-pyrrole nitrogens is 1. The van der Waals surface area contributed by atoms with Crippen LogP contribution in [0.2, 0.25) is 0 Å². The van der Waals surface area contributed by atoms with Crippen molar-refractivity contribution >= 4 is 40.9 Å². The second kappa shape index (κ2) is 7.41. The molecule has 0 atom stereocenters. The molecule has 1 fully saturated rings. The van der Waals surface area contributed by atoms with Gasteiger partial charge in [0.2, 0.25) is 5.95 Å². The van der Waals surface area contributed by atoms with Gasteiger partial charge in [0.05, 0.1) is 23.7 Å². The topological polar surface area (TPSA) is 116 Å². The Labute approximate surface area is 169 Å². The third-order valence-electron chi connectivity index (χ3n) is 4.96. The maximum absolute atomic E-state index is 12.4. The van der Waals surface area contributed by atoms with E-state index in [1.54, 1.807) is 32.7 Å². The summed E-state index contributed by atoms with van der Waals surface area (Å²) in [6.45, 7) is 4.27. The highest BCUT2D eigenvalue weighted by Crippen LogP contribution is 2.38. The van der Waals surface area contributed by atoms with Gasteiger partial charge in [0, 0.05) is 18.0 Å². The molecule has 9 heteroatoms. The van der Waals surface area contributed by atoms with E-state index in [1.807, 2.05) is 12.1 Å². The highest BCUT2D eigenvalue weighted by molar-refractivity contribution is 7.70. The number of aromatic amines is 1. The van der Waals surface area contributed by atoms with Gasteiger partial charge < -0.3 is 24.9 Å². The lowest BCUT2D eigenvalue weighted by Crippen LogP contribution is -2.09. The minimum absolute atomic E-state index is 0.379. The molecule has 1 aromatic carbocycles. The summed E-state index contributed by atoms with van der Waals surface area (Å²) in [5.74, 6) is 2.23. The fourth-order valence-electron chi connectivity index (χ4n) is 3.11. The van der Waals surface area contributed by atoms with Crippen LogP contribution in [0.1, 0.15) is 18.4 Å². The smallest absolute Gasteiger partial charge is 0.231 e. The van der Waals surface area contributed by atoms with Crippen LogP contribution in [0.25, 0.3) is 11.0 Å². The van der Waals surface area contributed by atoms with Gasteiger partial charge in [-0.1, -0.05) is 0 Å². The van der Waals surface area contributed by atoms with E-state index in [4.69, 9.17) is 4.74 Å². The molecule has 0 amide bonds. The lowest BCUT2D eigenvalue weighted by molar-refractivity contribution is 0.417. The summed E-state index contributed by atoms with van der Waals surface area (Å²) in [6.07, 6.45) is 4.07. The Morgan fingerprint density at radius 3 is 2.79 bits per heavy atom. The van der Waals surface area contributed by atoms with E-state index in [9.17, 15) is 9.83 Å². The number of nitrogens with one attached hydrogen (secondary N) is 3. The minimum atomic E-state index is -2.40. The van der Waals surface area contributed by atoms with Crippen molar-refractivity contribution in [1.82, 2.24) is 15.0 Å². The molecule has 1 saturated carbocycles. The molecule has 4 rings (SSSR count). The molecule has 2 heterocycles. The zero-order valence-corrected chi connectivity index (χ0v) is 17.5. The molecule has 0 saturated heterocycles. The average molecular weight is 410 g/mol. The van der Waals surface area contributed by atoms with Crippen LogP contribution in [0.3, 0.4) is 0 Å². The summed E-state index contributed by atoms with van der Waals surface area (Å²) >= 11 is 0. The van der Waals surface area contributed by atoms with Crippen molar-refractivity contribution in [2.75, 3.05) is 37.6 Å². The van der Waals surface area contributed by atoms with Gasteiger partial charge in [-0.3, -0.25) is 0 Å². The molecular formula is C20H23N6O2P. The van der Waals surface area contributed by atoms with Crippen molar-refractivity contribution < 1.29 is 9.30 Å². The molecule has 0 radical (unpaired) electrons. The van der Waals surface area contributed by atoms with Crippen molar-refractivity contribution in [2.24, 2.45) is 5.92 Å². The first-order chi connectivity index (χ1) is 13.9. The van der Waals surface area contributed by atoms with Gasteiger partial charge in [-0.05, 0) is 50.3 Å². The predicted octanol–water partition coefficient (Wildman–Crippen LogP) is 3.65. The normalized spacial score (nSPS) is 13.9. The van der Waals surface area contributed by atoms with E-state index < -0.39 is 7.14 Å². The molecule has 150 valence electrons. The monoisotopic (exact) mass is 410 g/mol. The van der Waals surface area contributed by atoms with E-state index in [2.05, 4.69) is 31.7 Å². The number of aromatic nitrogens is 3. The summed E-state index contributed by atoms with van der Waals surface area (Å²) in [6, 6.07) is 7.59. The molecule has 0 unspecified atom stereocenters. The van der Waals surface area contributed by atoms with Crippen LogP contribution in [0.15, 0.2) is 24.4 Å². The van der Waals surface area contributed by atoms with Crippen molar-refractivity contribution in [3.05, 3.63) is 30.0 Å². The van der Waals surface area contributed by atoms with Gasteiger partial charge in [0.1, 0.15) is 30.4 Å². The van der Waals surface area contributed by atoms with Crippen LogP contribution >= 0.6 is 7.14 Å². The Morgan fingerprint density at radius 1 is 1.34 bits per heavy atom. The zero-order valence-electron chi connectivity index (χ0n) is 16.6. The second-order valence-electron chi connectivity index (χ2n) is 7.62. The fraction of sp³-hybridized carbons (Fsp3) is 0.350. The van der Waals surface area contributed by atoms with Crippen LogP contribution in [-0.2, 0) is 4.57 Å². The maximum Gasteiger partial charge on any atom is 0.231 e. The third kappa shape index (κ3) is 4.06. The van der Waals surface area contributed by atoms with Gasteiger partial charge in [-0.25, -0.2) is 0 Å². The molecule has 1 aliphatic carbocycles. The molecule has 29 heavy (non-hydrogen) atoms. The molecule has 8 nitrogen and oxygen atoms in total. The molecule has 3 N–H and O–H groups in total. The lowest BCUT2D eigenvalue weighted by Gasteiger charge is -2.15. The summed E-state index contributed by atoms with van der Waals surface area (Å²) < 4.78 is 17.8. The van der Waals surface area contributed by atoms with Crippen molar-refractivity contribution in [3.63, 3.8) is 0 Å². The summed E-state index contributed by atoms with van der Waals surface area (Å²) in [5.41, 5.74) is 1.76. The number of anilines is 3. The standard InChI is InChI=1S/C20H23N6O2P/c1-28-16-8-14(29(2,3)27)6-7-15(16)24-20-25-18(22-10-12-4-5-12)17-13(9-21)11-23-19(17)26-20/h6-8,11-12H,4-5,10H2,1-3H3,(H3,22,23,24,25,26). The number of rotatable bonds is 7. The Bertz CT molecular complexity index is 1160. The molecule has 1 aliphatic rings. The van der Waals surface area contributed by atoms with E-state index in [0.29, 0.717) is 45.7 Å². The Kier molecular flexibility index (Phi) is 4.93. The van der Waals surface area contributed by atoms with Crippen LogP contribution < -0.4 is 20.7 Å². The van der Waals surface area contributed by atoms with Gasteiger partial charge in [0.15, 0.2) is 0 Å². The SMILES string of the molecule is COc1cc(P(C)(C)=O)ccc1Nc1nc(NCC2CC2)c2c(C#N)c[nH]c2n1. The molecule has 0 spiro atoms. The van der Waals surface area contributed by atoms with E-state index in [1.165, 1.54) is 12.8 Å². The number of nitrogens with zero attached hydrogens (tertiary/aromatic N) is 3. The number of ether oxygens (including phenoxy) is 1. The van der Waals surface area contributed by atoms with Gasteiger partial charge >= 0.3 is 0 Å². The van der Waals surface area contributed by atoms with Gasteiger partial charge in [-0.15, -0.1) is 0 Å². The van der Waals surface area contributed by atoms with Gasteiger partial charge in [-0.2, -0.15) is 15.2 Å². The number of fused-ring (bicyclic) bond motifs is 1. The van der Waals surface area contributed by atoms with E-state index in [-0.39, 0.29) is 0 Å². The van der Waals surface area contributed by atoms with Crippen LogP contribution in [0.5, 0.6) is 5.75 Å². The van der Waals surface area contributed by atoms with Crippen LogP contribution in [0, 0.1) is 17.2 Å². The predicted molar refractivity (Wildman–Crippen MR) is 115 cm³/mol. The highest BCUT2D eigenvalue weighted by atomic mass is 31.2. The Balaban J connectivity index is 1.71. The number of nitriles is 1. The maximum atomic E-state index is 12.4. The molecule has 3 aromatic rings. The first-order valence-corrected chi connectivity index (χ1v) is 12.0. The van der Waals surface area contributed by atoms with E-state index >= 15 is 0 Å². The summed E-state index contributed by atoms with van der Waals surface area (Å²) in [5, 5.41) is 17.4. The van der Waals surface area contributed by atoms with Crippen molar-refractivity contribution in [3.8, 4) is 11.8 Å². The minimum Gasteiger partial charge on any atom is -0.495 e. The number of hydrogen-bond donors (Lipinski definition) is 3. The largest absolute Gasteiger partial charge is 0.495 e. The second-order valence-corrected chi connectivity index (χ2v) is 10.8. The summed E-state index contributed by atoms with van der Waals surface area (Å²) in [4.78, 5) is 12.2. The Hall–Kier alpha value is -3.04. The van der Waals surface area contributed by atoms with Crippen molar-refractivity contribution in [2.45, 2.75) is 12.8 Å². The first-order valence-electron chi connectivity index (χ1n) is 9.42. The number of methoxy groups -OCH3 is 1. The highest BCUT2D eigenvalue weighted by Gasteiger charge is 2.22. The average Bonchev–Trinajstić information content (AvgIpc) is 3.43. The molecule has 0 aliphatic heterocycles. The van der Waals surface area contributed by atoms with Crippen LogP contribution in [-0.4, -0.2) is 41.9 Å². The van der Waals surface area contributed by atoms with Crippen LogP contribution in [0.4, 0.5) is 17.5 Å². The number of benzene rings is 1. The lowest BCUT2D eigenvalue weighted by atomic mass is 10.2. The third-order valence-corrected chi connectivity index (χ3v) is 6.48. The quantitative estimate of drug-likeness (QED) is 0.509. The number of hydrogen-bond acceptors (Lipinski definition) is 7. The first kappa shape index (κ1) is 19.3. The van der Waals surface area contributed by atoms with E-state index in [0.717, 1.165) is 11.8 Å².